The van der Waals surface area contributed by atoms with Crippen molar-refractivity contribution in [3.05, 3.63) is 23.9 Å². The maximum absolute atomic E-state index is 12.8. The van der Waals surface area contributed by atoms with Crippen molar-refractivity contribution in [2.45, 2.75) is 37.9 Å². The van der Waals surface area contributed by atoms with E-state index in [1.807, 2.05) is 0 Å². The maximum Gasteiger partial charge on any atom is 0.269 e. The van der Waals surface area contributed by atoms with E-state index in [9.17, 15) is 14.4 Å². The second-order valence-corrected chi connectivity index (χ2v) is 6.80. The molecule has 1 aliphatic heterocycles. The number of hydrogen-bond donors (Lipinski definition) is 2. The number of aldehydes is 1. The first kappa shape index (κ1) is 15.6. The summed E-state index contributed by atoms with van der Waals surface area (Å²) in [5, 5.41) is 4.73. The number of nitrogens with two attached hydrogens (primary N) is 2. The van der Waals surface area contributed by atoms with Gasteiger partial charge < -0.3 is 21.2 Å². The summed E-state index contributed by atoms with van der Waals surface area (Å²) >= 11 is 0. The summed E-state index contributed by atoms with van der Waals surface area (Å²) in [6.45, 7) is -0.0404. The van der Waals surface area contributed by atoms with Gasteiger partial charge in [0.25, 0.3) is 5.91 Å². The highest BCUT2D eigenvalue weighted by molar-refractivity contribution is 6.05. The van der Waals surface area contributed by atoms with E-state index in [-0.39, 0.29) is 36.1 Å². The Morgan fingerprint density at radius 2 is 2.12 bits per heavy atom. The largest absolute Gasteiger partial charge is 0.399 e. The number of carbonyl (C=O) groups is 3. The third kappa shape index (κ3) is 2.36. The van der Waals surface area contributed by atoms with Crippen LogP contribution in [0.1, 0.15) is 29.8 Å². The third-order valence-corrected chi connectivity index (χ3v) is 5.36. The summed E-state index contributed by atoms with van der Waals surface area (Å²) in [6.07, 6.45) is 3.69. The Morgan fingerprint density at radius 3 is 2.84 bits per heavy atom. The van der Waals surface area contributed by atoms with Gasteiger partial charge in [-0.2, -0.15) is 5.10 Å². The number of nitrogen functional groups attached to an aromatic ring is 1. The molecule has 1 saturated heterocycles. The first-order valence-electron chi connectivity index (χ1n) is 8.32. The molecule has 8 nitrogen and oxygen atoms in total. The summed E-state index contributed by atoms with van der Waals surface area (Å²) < 4.78 is 1.46. The van der Waals surface area contributed by atoms with E-state index in [1.54, 1.807) is 23.1 Å². The van der Waals surface area contributed by atoms with Crippen LogP contribution in [-0.2, 0) is 16.1 Å². The van der Waals surface area contributed by atoms with Crippen molar-refractivity contribution < 1.29 is 14.4 Å². The average molecular weight is 341 g/mol. The molecule has 4 N–H and O–H groups in total. The van der Waals surface area contributed by atoms with Crippen LogP contribution < -0.4 is 11.5 Å². The van der Waals surface area contributed by atoms with Gasteiger partial charge in [-0.25, -0.2) is 0 Å². The lowest BCUT2D eigenvalue weighted by atomic mass is 10.00. The molecule has 4 rings (SSSR count). The standard InChI is InChI=1S/C17H19N5O3/c18-10-2-4-13-12(6-10)16(17(19)25)20-21(13)7-15(24)22-11-3-1-9(5-11)14(22)8-23/h2,4,6,8-9,11,14H,1,3,5,7,18H2,(H2,19,25). The number of primary amides is 1. The Balaban J connectivity index is 1.68. The molecule has 2 amide bonds. The SMILES string of the molecule is NC(=O)c1nn(CC(=O)N2C3CCC(C3)C2C=O)c2ccc(N)cc12. The first-order chi connectivity index (χ1) is 12.0. The zero-order valence-electron chi connectivity index (χ0n) is 13.6. The van der Waals surface area contributed by atoms with Gasteiger partial charge in [-0.15, -0.1) is 0 Å². The van der Waals surface area contributed by atoms with Crippen molar-refractivity contribution in [3.63, 3.8) is 0 Å². The van der Waals surface area contributed by atoms with Gasteiger partial charge in [0, 0.05) is 17.1 Å². The molecule has 2 aliphatic rings. The Morgan fingerprint density at radius 1 is 1.32 bits per heavy atom. The van der Waals surface area contributed by atoms with Crippen LogP contribution in [0.3, 0.4) is 0 Å². The number of aromatic nitrogens is 2. The van der Waals surface area contributed by atoms with Crippen LogP contribution in [0.2, 0.25) is 0 Å². The van der Waals surface area contributed by atoms with Crippen LogP contribution in [0.15, 0.2) is 18.2 Å². The Labute approximate surface area is 143 Å². The van der Waals surface area contributed by atoms with Gasteiger partial charge in [-0.3, -0.25) is 14.3 Å². The number of hydrogen-bond acceptors (Lipinski definition) is 5. The van der Waals surface area contributed by atoms with E-state index in [0.717, 1.165) is 25.5 Å². The lowest BCUT2D eigenvalue weighted by Gasteiger charge is -2.32. The van der Waals surface area contributed by atoms with Crippen molar-refractivity contribution in [1.82, 2.24) is 14.7 Å². The molecular weight excluding hydrogens is 322 g/mol. The number of piperidine rings is 1. The number of rotatable bonds is 4. The van der Waals surface area contributed by atoms with Crippen LogP contribution in [0.25, 0.3) is 10.9 Å². The maximum atomic E-state index is 12.8. The van der Waals surface area contributed by atoms with E-state index in [2.05, 4.69) is 5.10 Å². The van der Waals surface area contributed by atoms with E-state index in [1.165, 1.54) is 4.68 Å². The number of nitrogens with zero attached hydrogens (tertiary/aromatic N) is 3. The molecule has 8 heteroatoms. The fourth-order valence-corrected chi connectivity index (χ4v) is 4.28. The predicted molar refractivity (Wildman–Crippen MR) is 90.5 cm³/mol. The average Bonchev–Trinajstić information content (AvgIpc) is 3.26. The summed E-state index contributed by atoms with van der Waals surface area (Å²) in [4.78, 5) is 37.6. The van der Waals surface area contributed by atoms with Gasteiger partial charge in [0.1, 0.15) is 12.8 Å². The fourth-order valence-electron chi connectivity index (χ4n) is 4.28. The second kappa shape index (κ2) is 5.58. The topological polar surface area (TPSA) is 124 Å². The Bertz CT molecular complexity index is 890. The van der Waals surface area contributed by atoms with Crippen molar-refractivity contribution in [2.24, 2.45) is 11.7 Å². The molecule has 1 aromatic heterocycles. The van der Waals surface area contributed by atoms with Gasteiger partial charge in [0.05, 0.1) is 11.6 Å². The number of benzene rings is 1. The number of fused-ring (bicyclic) bond motifs is 3. The molecule has 25 heavy (non-hydrogen) atoms. The first-order valence-corrected chi connectivity index (χ1v) is 8.32. The van der Waals surface area contributed by atoms with E-state index in [0.29, 0.717) is 16.6 Å². The third-order valence-electron chi connectivity index (χ3n) is 5.36. The minimum atomic E-state index is -0.673. The van der Waals surface area contributed by atoms with Crippen LogP contribution in [0, 0.1) is 5.92 Å². The van der Waals surface area contributed by atoms with Crippen molar-refractivity contribution in [1.29, 1.82) is 0 Å². The molecule has 3 unspecified atom stereocenters. The van der Waals surface area contributed by atoms with Gasteiger partial charge >= 0.3 is 0 Å². The molecule has 0 spiro atoms. The van der Waals surface area contributed by atoms with E-state index < -0.39 is 5.91 Å². The quantitative estimate of drug-likeness (QED) is 0.611. The lowest BCUT2D eigenvalue weighted by molar-refractivity contribution is -0.139. The van der Waals surface area contributed by atoms with Crippen LogP contribution in [0.4, 0.5) is 5.69 Å². The molecule has 1 aromatic carbocycles. The van der Waals surface area contributed by atoms with Crippen molar-refractivity contribution in [3.8, 4) is 0 Å². The molecule has 2 fully saturated rings. The summed E-state index contributed by atoms with van der Waals surface area (Å²) in [5.74, 6) is -0.573. The highest BCUT2D eigenvalue weighted by Crippen LogP contribution is 2.41. The van der Waals surface area contributed by atoms with Crippen LogP contribution in [0.5, 0.6) is 0 Å². The van der Waals surface area contributed by atoms with E-state index >= 15 is 0 Å². The number of carbonyl (C=O) groups excluding carboxylic acids is 3. The van der Waals surface area contributed by atoms with Crippen LogP contribution >= 0.6 is 0 Å². The predicted octanol–water partition coefficient (Wildman–Crippen LogP) is 0.296. The summed E-state index contributed by atoms with van der Waals surface area (Å²) in [7, 11) is 0. The van der Waals surface area contributed by atoms with Gasteiger partial charge in [-0.05, 0) is 43.4 Å². The molecule has 130 valence electrons. The molecule has 1 saturated carbocycles. The minimum Gasteiger partial charge on any atom is -0.399 e. The van der Waals surface area contributed by atoms with Crippen molar-refractivity contribution >= 4 is 34.7 Å². The summed E-state index contributed by atoms with van der Waals surface area (Å²) in [5.41, 5.74) is 12.4. The zero-order chi connectivity index (χ0) is 17.7. The molecular formula is C17H19N5O3. The molecule has 0 radical (unpaired) electrons. The van der Waals surface area contributed by atoms with Crippen LogP contribution in [-0.4, -0.2) is 44.9 Å². The normalized spacial score (nSPS) is 24.8. The van der Waals surface area contributed by atoms with Gasteiger partial charge in [-0.1, -0.05) is 0 Å². The molecule has 1 aliphatic carbocycles. The van der Waals surface area contributed by atoms with Gasteiger partial charge in [0.15, 0.2) is 5.69 Å². The number of anilines is 1. The zero-order valence-corrected chi connectivity index (χ0v) is 13.6. The molecule has 2 aromatic rings. The molecule has 2 bridgehead atoms. The number of likely N-dealkylation sites (tertiary alicyclic amines) is 1. The monoisotopic (exact) mass is 341 g/mol. The Kier molecular flexibility index (Phi) is 3.48. The fraction of sp³-hybridized carbons (Fsp3) is 0.412. The Hall–Kier alpha value is -2.90. The molecule has 3 atom stereocenters. The lowest BCUT2D eigenvalue weighted by Crippen LogP contribution is -2.47. The van der Waals surface area contributed by atoms with E-state index in [4.69, 9.17) is 11.5 Å². The number of amides is 2. The highest BCUT2D eigenvalue weighted by atomic mass is 16.2. The van der Waals surface area contributed by atoms with Gasteiger partial charge in [0.2, 0.25) is 5.91 Å². The minimum absolute atomic E-state index is 0.0404. The second-order valence-electron chi connectivity index (χ2n) is 6.80. The highest BCUT2D eigenvalue weighted by Gasteiger charge is 2.47. The summed E-state index contributed by atoms with van der Waals surface area (Å²) in [6, 6.07) is 4.79. The smallest absolute Gasteiger partial charge is 0.269 e. The molecule has 2 heterocycles. The van der Waals surface area contributed by atoms with Crippen molar-refractivity contribution in [2.75, 3.05) is 5.73 Å².